The summed E-state index contributed by atoms with van der Waals surface area (Å²) in [7, 11) is 0. The molecule has 122 valence electrons. The monoisotopic (exact) mass is 322 g/mol. The first-order valence-corrected chi connectivity index (χ1v) is 7.90. The summed E-state index contributed by atoms with van der Waals surface area (Å²) in [6.45, 7) is 3.16. The molecule has 2 aromatic rings. The molecule has 1 aromatic carbocycles. The molecule has 1 aromatic heterocycles. The van der Waals surface area contributed by atoms with Gasteiger partial charge in [0.1, 0.15) is 6.10 Å². The predicted molar refractivity (Wildman–Crippen MR) is 87.5 cm³/mol. The van der Waals surface area contributed by atoms with Crippen molar-refractivity contribution < 1.29 is 9.53 Å². The van der Waals surface area contributed by atoms with Gasteiger partial charge in [-0.15, -0.1) is 0 Å². The Morgan fingerprint density at radius 2 is 2.00 bits per heavy atom. The van der Waals surface area contributed by atoms with Crippen molar-refractivity contribution in [3.63, 3.8) is 0 Å². The normalized spacial score (nSPS) is 14.9. The van der Waals surface area contributed by atoms with Crippen LogP contribution in [0.5, 0.6) is 6.01 Å². The van der Waals surface area contributed by atoms with E-state index in [0.29, 0.717) is 30.2 Å². The molecule has 6 heteroatoms. The Balaban J connectivity index is 1.57. The predicted octanol–water partition coefficient (Wildman–Crippen LogP) is 2.34. The first-order valence-electron chi connectivity index (χ1n) is 7.90. The molecule has 3 rings (SSSR count). The van der Waals surface area contributed by atoms with Gasteiger partial charge in [-0.2, -0.15) is 5.26 Å². The molecule has 0 N–H and O–H groups in total. The summed E-state index contributed by atoms with van der Waals surface area (Å²) < 4.78 is 5.78. The van der Waals surface area contributed by atoms with Gasteiger partial charge in [-0.1, -0.05) is 6.07 Å². The van der Waals surface area contributed by atoms with E-state index in [1.165, 1.54) is 0 Å². The van der Waals surface area contributed by atoms with Crippen LogP contribution in [0.4, 0.5) is 0 Å². The van der Waals surface area contributed by atoms with Gasteiger partial charge in [-0.3, -0.25) is 4.79 Å². The Kier molecular flexibility index (Phi) is 4.71. The molecular formula is C18H18N4O2. The van der Waals surface area contributed by atoms with Crippen LogP contribution in [0.15, 0.2) is 36.7 Å². The van der Waals surface area contributed by atoms with Gasteiger partial charge in [0, 0.05) is 43.9 Å². The van der Waals surface area contributed by atoms with E-state index in [-0.39, 0.29) is 12.0 Å². The molecule has 2 heterocycles. The number of ether oxygens (including phenoxy) is 1. The Hall–Kier alpha value is -2.94. The van der Waals surface area contributed by atoms with E-state index in [1.54, 1.807) is 41.6 Å². The summed E-state index contributed by atoms with van der Waals surface area (Å²) in [5.74, 6) is -0.0443. The van der Waals surface area contributed by atoms with Crippen molar-refractivity contribution in [1.29, 1.82) is 5.26 Å². The molecule has 0 atom stereocenters. The maximum Gasteiger partial charge on any atom is 0.316 e. The second-order valence-corrected chi connectivity index (χ2v) is 5.85. The van der Waals surface area contributed by atoms with Crippen LogP contribution in [0.1, 0.15) is 34.3 Å². The number of benzene rings is 1. The summed E-state index contributed by atoms with van der Waals surface area (Å²) >= 11 is 0. The molecule has 1 fully saturated rings. The third kappa shape index (κ3) is 3.69. The van der Waals surface area contributed by atoms with E-state index in [4.69, 9.17) is 10.00 Å². The fourth-order valence-electron chi connectivity index (χ4n) is 2.67. The zero-order valence-corrected chi connectivity index (χ0v) is 13.5. The SMILES string of the molecule is Cc1cnc(OC2CCN(C(=O)c3cccc(C#N)c3)CC2)nc1. The zero-order valence-electron chi connectivity index (χ0n) is 13.5. The first-order chi connectivity index (χ1) is 11.7. The smallest absolute Gasteiger partial charge is 0.316 e. The molecule has 1 aliphatic heterocycles. The number of rotatable bonds is 3. The van der Waals surface area contributed by atoms with Gasteiger partial charge >= 0.3 is 6.01 Å². The number of piperidine rings is 1. The Labute approximate surface area is 140 Å². The van der Waals surface area contributed by atoms with Crippen LogP contribution >= 0.6 is 0 Å². The number of amides is 1. The van der Waals surface area contributed by atoms with Crippen LogP contribution in [0, 0.1) is 18.3 Å². The fraction of sp³-hybridized carbons (Fsp3) is 0.333. The number of carbonyl (C=O) groups is 1. The van der Waals surface area contributed by atoms with Crippen LogP contribution in [0.25, 0.3) is 0 Å². The summed E-state index contributed by atoms with van der Waals surface area (Å²) in [5.41, 5.74) is 2.04. The average Bonchev–Trinajstić information content (AvgIpc) is 2.64. The van der Waals surface area contributed by atoms with E-state index in [1.807, 2.05) is 6.92 Å². The highest BCUT2D eigenvalue weighted by molar-refractivity contribution is 5.94. The van der Waals surface area contributed by atoms with Crippen molar-refractivity contribution in [1.82, 2.24) is 14.9 Å². The third-order valence-corrected chi connectivity index (χ3v) is 4.00. The molecule has 6 nitrogen and oxygen atoms in total. The van der Waals surface area contributed by atoms with Gasteiger partial charge in [0.2, 0.25) is 0 Å². The Morgan fingerprint density at radius 1 is 1.29 bits per heavy atom. The van der Waals surface area contributed by atoms with Crippen LogP contribution in [0.3, 0.4) is 0 Å². The average molecular weight is 322 g/mol. The van der Waals surface area contributed by atoms with E-state index >= 15 is 0 Å². The van der Waals surface area contributed by atoms with Crippen molar-refractivity contribution in [2.75, 3.05) is 13.1 Å². The van der Waals surface area contributed by atoms with Gasteiger partial charge in [-0.25, -0.2) is 9.97 Å². The molecule has 24 heavy (non-hydrogen) atoms. The second-order valence-electron chi connectivity index (χ2n) is 5.85. The highest BCUT2D eigenvalue weighted by Crippen LogP contribution is 2.18. The Bertz CT molecular complexity index is 759. The summed E-state index contributed by atoms with van der Waals surface area (Å²) in [4.78, 5) is 22.6. The molecule has 1 saturated heterocycles. The van der Waals surface area contributed by atoms with Gasteiger partial charge in [-0.05, 0) is 30.7 Å². The number of nitriles is 1. The molecule has 0 bridgehead atoms. The number of carbonyl (C=O) groups excluding carboxylic acids is 1. The van der Waals surface area contributed by atoms with E-state index in [9.17, 15) is 4.79 Å². The number of nitrogens with zero attached hydrogens (tertiary/aromatic N) is 4. The lowest BCUT2D eigenvalue weighted by Gasteiger charge is -2.31. The van der Waals surface area contributed by atoms with Crippen molar-refractivity contribution in [3.05, 3.63) is 53.3 Å². The lowest BCUT2D eigenvalue weighted by atomic mass is 10.1. The van der Waals surface area contributed by atoms with Crippen LogP contribution < -0.4 is 4.74 Å². The number of hydrogen-bond donors (Lipinski definition) is 0. The molecule has 0 aliphatic carbocycles. The largest absolute Gasteiger partial charge is 0.460 e. The van der Waals surface area contributed by atoms with Crippen LogP contribution in [0.2, 0.25) is 0 Å². The topological polar surface area (TPSA) is 79.1 Å². The molecule has 1 aliphatic rings. The number of likely N-dealkylation sites (tertiary alicyclic amines) is 1. The fourth-order valence-corrected chi connectivity index (χ4v) is 2.67. The minimum absolute atomic E-state index is 0.0159. The summed E-state index contributed by atoms with van der Waals surface area (Å²) in [6.07, 6.45) is 4.94. The van der Waals surface area contributed by atoms with E-state index in [2.05, 4.69) is 16.0 Å². The maximum absolute atomic E-state index is 12.5. The lowest BCUT2D eigenvalue weighted by Crippen LogP contribution is -2.42. The van der Waals surface area contributed by atoms with Crippen LogP contribution in [-0.2, 0) is 0 Å². The van der Waals surface area contributed by atoms with Crippen molar-refractivity contribution in [2.45, 2.75) is 25.9 Å². The Morgan fingerprint density at radius 3 is 2.67 bits per heavy atom. The highest BCUT2D eigenvalue weighted by atomic mass is 16.5. The number of aromatic nitrogens is 2. The quantitative estimate of drug-likeness (QED) is 0.866. The molecule has 0 radical (unpaired) electrons. The third-order valence-electron chi connectivity index (χ3n) is 4.00. The van der Waals surface area contributed by atoms with E-state index in [0.717, 1.165) is 18.4 Å². The highest BCUT2D eigenvalue weighted by Gasteiger charge is 2.25. The van der Waals surface area contributed by atoms with Gasteiger partial charge in [0.25, 0.3) is 5.91 Å². The van der Waals surface area contributed by atoms with Crippen LogP contribution in [-0.4, -0.2) is 40.0 Å². The molecule has 1 amide bonds. The van der Waals surface area contributed by atoms with Crippen molar-refractivity contribution in [3.8, 4) is 12.1 Å². The second kappa shape index (κ2) is 7.09. The summed E-state index contributed by atoms with van der Waals surface area (Å²) in [6, 6.07) is 9.24. The molecule has 0 saturated carbocycles. The van der Waals surface area contributed by atoms with E-state index < -0.39 is 0 Å². The first kappa shape index (κ1) is 15.9. The number of hydrogen-bond acceptors (Lipinski definition) is 5. The summed E-state index contributed by atoms with van der Waals surface area (Å²) in [5, 5.41) is 8.94. The molecule has 0 spiro atoms. The molecule has 0 unspecified atom stereocenters. The standard InChI is InChI=1S/C18H18N4O2/c1-13-11-20-18(21-12-13)24-16-5-7-22(8-6-16)17(23)15-4-2-3-14(9-15)10-19/h2-4,9,11-12,16H,5-8H2,1H3. The van der Waals surface area contributed by atoms with Gasteiger partial charge in [0.15, 0.2) is 0 Å². The van der Waals surface area contributed by atoms with Crippen molar-refractivity contribution >= 4 is 5.91 Å². The van der Waals surface area contributed by atoms with Gasteiger partial charge in [0.05, 0.1) is 11.6 Å². The number of aryl methyl sites for hydroxylation is 1. The minimum Gasteiger partial charge on any atom is -0.460 e. The lowest BCUT2D eigenvalue weighted by molar-refractivity contribution is 0.0578. The maximum atomic E-state index is 12.5. The molecular weight excluding hydrogens is 304 g/mol. The van der Waals surface area contributed by atoms with Crippen molar-refractivity contribution in [2.24, 2.45) is 0 Å². The zero-order chi connectivity index (χ0) is 16.9. The van der Waals surface area contributed by atoms with Gasteiger partial charge < -0.3 is 9.64 Å². The minimum atomic E-state index is -0.0443.